The molecule has 0 saturated carbocycles. The fourth-order valence-electron chi connectivity index (χ4n) is 5.61. The van der Waals surface area contributed by atoms with Crippen molar-refractivity contribution >= 4 is 38.4 Å². The van der Waals surface area contributed by atoms with Crippen molar-refractivity contribution in [2.24, 2.45) is 0 Å². The number of alkyl halides is 1. The molecule has 5 rings (SSSR count). The van der Waals surface area contributed by atoms with Gasteiger partial charge in [-0.05, 0) is 103 Å². The topological polar surface area (TPSA) is 51.4 Å². The van der Waals surface area contributed by atoms with E-state index in [-0.39, 0.29) is 12.8 Å². The Morgan fingerprint density at radius 1 is 1.24 bits per heavy atom. The largest absolute Gasteiger partial charge is 0.494 e. The molecule has 6 heteroatoms. The van der Waals surface area contributed by atoms with E-state index in [0.29, 0.717) is 6.42 Å². The molecule has 0 spiro atoms. The van der Waals surface area contributed by atoms with Crippen LogP contribution in [0.5, 0.6) is 0 Å². The maximum Gasteiger partial charge on any atom is 0.112 e. The number of halogens is 1. The zero-order valence-electron chi connectivity index (χ0n) is 22.1. The van der Waals surface area contributed by atoms with Crippen LogP contribution in [0.4, 0.5) is 10.1 Å². The third kappa shape index (κ3) is 5.92. The number of benzene rings is 2. The van der Waals surface area contributed by atoms with E-state index < -0.39 is 0 Å². The second kappa shape index (κ2) is 12.1. The lowest BCUT2D eigenvalue weighted by molar-refractivity contribution is 0.121. The molecule has 4 nitrogen and oxygen atoms in total. The van der Waals surface area contributed by atoms with Crippen LogP contribution in [-0.2, 0) is 11.2 Å². The summed E-state index contributed by atoms with van der Waals surface area (Å²) in [7, 11) is 0. The summed E-state index contributed by atoms with van der Waals surface area (Å²) in [6.07, 6.45) is 10.9. The minimum Gasteiger partial charge on any atom is -0.494 e. The highest BCUT2D eigenvalue weighted by Gasteiger charge is 2.24. The van der Waals surface area contributed by atoms with Crippen LogP contribution in [0.3, 0.4) is 0 Å². The van der Waals surface area contributed by atoms with Crippen molar-refractivity contribution in [3.8, 4) is 0 Å². The average molecular weight is 530 g/mol. The molecular formula is C32H36FN3OS. The number of hydrogen-bond acceptors (Lipinski definition) is 5. The van der Waals surface area contributed by atoms with Gasteiger partial charge in [0, 0.05) is 25.3 Å². The number of allylic oxidation sites excluding steroid dienone is 7. The normalized spacial score (nSPS) is 19.1. The Kier molecular flexibility index (Phi) is 8.40. The van der Waals surface area contributed by atoms with E-state index in [0.717, 1.165) is 67.9 Å². The van der Waals surface area contributed by atoms with E-state index in [4.69, 9.17) is 10.5 Å². The zero-order valence-corrected chi connectivity index (χ0v) is 22.9. The Morgan fingerprint density at radius 3 is 2.97 bits per heavy atom. The predicted molar refractivity (Wildman–Crippen MR) is 159 cm³/mol. The summed E-state index contributed by atoms with van der Waals surface area (Å²) in [5.74, 6) is 0.876. The number of aryl methyl sites for hydroxylation is 1. The molecule has 38 heavy (non-hydrogen) atoms. The fourth-order valence-corrected chi connectivity index (χ4v) is 6.33. The van der Waals surface area contributed by atoms with Gasteiger partial charge in [-0.25, -0.2) is 4.98 Å². The summed E-state index contributed by atoms with van der Waals surface area (Å²) in [5, 5.41) is 0. The molecule has 0 radical (unpaired) electrons. The van der Waals surface area contributed by atoms with Crippen LogP contribution in [0, 0.1) is 0 Å². The molecule has 198 valence electrons. The molecule has 1 aliphatic carbocycles. The van der Waals surface area contributed by atoms with Crippen LogP contribution in [-0.4, -0.2) is 42.3 Å². The first kappa shape index (κ1) is 26.4. The minimum absolute atomic E-state index is 0.147. The third-order valence-corrected chi connectivity index (χ3v) is 8.24. The van der Waals surface area contributed by atoms with Gasteiger partial charge in [-0.15, -0.1) is 11.3 Å². The summed E-state index contributed by atoms with van der Waals surface area (Å²) < 4.78 is 20.0. The number of thiazole rings is 1. The Hall–Kier alpha value is -3.22. The second-order valence-electron chi connectivity index (χ2n) is 10.1. The summed E-state index contributed by atoms with van der Waals surface area (Å²) in [4.78, 5) is 6.75. The number of hydrogen-bond donors (Lipinski definition) is 1. The third-order valence-electron chi connectivity index (χ3n) is 7.45. The number of fused-ring (bicyclic) bond motifs is 2. The van der Waals surface area contributed by atoms with Gasteiger partial charge in [-0.2, -0.15) is 0 Å². The lowest BCUT2D eigenvalue weighted by atomic mass is 9.87. The average Bonchev–Trinajstić information content (AvgIpc) is 3.53. The number of anilines is 1. The highest BCUT2D eigenvalue weighted by atomic mass is 32.1. The van der Waals surface area contributed by atoms with Gasteiger partial charge in [0.15, 0.2) is 0 Å². The number of rotatable bonds is 9. The van der Waals surface area contributed by atoms with Gasteiger partial charge in [0.2, 0.25) is 0 Å². The predicted octanol–water partition coefficient (Wildman–Crippen LogP) is 7.59. The van der Waals surface area contributed by atoms with Crippen LogP contribution < -0.4 is 5.73 Å². The Bertz CT molecular complexity index is 1400. The number of nitrogens with two attached hydrogens (primary N) is 1. The Balaban J connectivity index is 1.50. The van der Waals surface area contributed by atoms with Crippen molar-refractivity contribution in [3.05, 3.63) is 94.7 Å². The molecule has 1 saturated heterocycles. The first-order chi connectivity index (χ1) is 18.6. The summed E-state index contributed by atoms with van der Waals surface area (Å²) in [6, 6.07) is 12.8. The van der Waals surface area contributed by atoms with Crippen LogP contribution in [0.1, 0.15) is 49.3 Å². The van der Waals surface area contributed by atoms with Crippen molar-refractivity contribution < 1.29 is 9.13 Å². The molecule has 1 fully saturated rings. The maximum absolute atomic E-state index is 12.6. The molecule has 1 aromatic heterocycles. The van der Waals surface area contributed by atoms with Gasteiger partial charge in [0.25, 0.3) is 0 Å². The molecule has 1 aliphatic heterocycles. The van der Waals surface area contributed by atoms with Crippen molar-refractivity contribution in [1.29, 1.82) is 0 Å². The van der Waals surface area contributed by atoms with Crippen molar-refractivity contribution in [1.82, 2.24) is 9.88 Å². The fraction of sp³-hybridized carbons (Fsp3) is 0.344. The van der Waals surface area contributed by atoms with Crippen LogP contribution in [0.25, 0.3) is 21.4 Å². The molecule has 0 amide bonds. The van der Waals surface area contributed by atoms with Gasteiger partial charge >= 0.3 is 0 Å². The first-order valence-corrected chi connectivity index (χ1v) is 14.4. The molecular weight excluding hydrogens is 493 g/mol. The Morgan fingerprint density at radius 2 is 2.13 bits per heavy atom. The second-order valence-corrected chi connectivity index (χ2v) is 11.0. The van der Waals surface area contributed by atoms with E-state index in [1.807, 2.05) is 24.6 Å². The highest BCUT2D eigenvalue weighted by molar-refractivity contribution is 7.16. The SMILES string of the molecule is C=C/C(=C\C=C(/C)O[C@H]1CCN(CCCF)C1)C1=C(c2ccc3ncsc3c2)CCCc2cc(N)ccc21. The number of nitrogen functional groups attached to an aromatic ring is 1. The molecule has 3 aromatic rings. The summed E-state index contributed by atoms with van der Waals surface area (Å²) >= 11 is 1.67. The van der Waals surface area contributed by atoms with Crippen LogP contribution >= 0.6 is 11.3 Å². The first-order valence-electron chi connectivity index (χ1n) is 13.5. The number of ether oxygens (including phenoxy) is 1. The molecule has 2 heterocycles. The van der Waals surface area contributed by atoms with Crippen LogP contribution in [0.2, 0.25) is 0 Å². The van der Waals surface area contributed by atoms with Gasteiger partial charge in [0.1, 0.15) is 6.10 Å². The number of nitrogens with zero attached hydrogens (tertiary/aromatic N) is 2. The van der Waals surface area contributed by atoms with Crippen molar-refractivity contribution in [2.45, 2.75) is 45.1 Å². The molecule has 2 N–H and O–H groups in total. The lowest BCUT2D eigenvalue weighted by Gasteiger charge is -2.18. The molecule has 1 atom stereocenters. The van der Waals surface area contributed by atoms with E-state index in [1.165, 1.54) is 32.5 Å². The van der Waals surface area contributed by atoms with E-state index >= 15 is 0 Å². The van der Waals surface area contributed by atoms with E-state index in [9.17, 15) is 4.39 Å². The Labute approximate surface area is 229 Å². The maximum atomic E-state index is 12.6. The molecule has 2 aromatic carbocycles. The summed E-state index contributed by atoms with van der Waals surface area (Å²) in [5.41, 5.74) is 17.2. The lowest BCUT2D eigenvalue weighted by Crippen LogP contribution is -2.24. The number of likely N-dealkylation sites (tertiary alicyclic amines) is 1. The highest BCUT2D eigenvalue weighted by Crippen LogP contribution is 2.41. The minimum atomic E-state index is -0.262. The van der Waals surface area contributed by atoms with Crippen molar-refractivity contribution in [2.75, 3.05) is 32.0 Å². The van der Waals surface area contributed by atoms with Crippen molar-refractivity contribution in [3.63, 3.8) is 0 Å². The molecule has 0 unspecified atom stereocenters. The standard InChI is InChI=1S/C32H36FN3OS/c1-3-23(9-8-22(2)37-27-14-17-36(20-27)16-5-15-33)32-28(25-10-13-30-31(19-25)38-21-35-30)7-4-6-24-18-26(34)11-12-29(24)32/h3,8-13,18-19,21,27H,1,4-7,14-17,20,34H2,2H3/b22-8+,23-9+/t27-/m0/s1. The summed E-state index contributed by atoms with van der Waals surface area (Å²) in [6.45, 7) is 8.57. The van der Waals surface area contributed by atoms with Gasteiger partial charge in [-0.3, -0.25) is 9.29 Å². The number of aromatic nitrogens is 1. The van der Waals surface area contributed by atoms with Gasteiger partial charge < -0.3 is 10.5 Å². The molecule has 2 aliphatic rings. The monoisotopic (exact) mass is 529 g/mol. The zero-order chi connectivity index (χ0) is 26.5. The smallest absolute Gasteiger partial charge is 0.112 e. The van der Waals surface area contributed by atoms with Gasteiger partial charge in [-0.1, -0.05) is 30.9 Å². The van der Waals surface area contributed by atoms with Gasteiger partial charge in [0.05, 0.1) is 28.2 Å². The van der Waals surface area contributed by atoms with E-state index in [2.05, 4.69) is 58.9 Å². The van der Waals surface area contributed by atoms with Crippen LogP contribution in [0.15, 0.2) is 78.0 Å². The molecule has 0 bridgehead atoms. The van der Waals surface area contributed by atoms with E-state index in [1.54, 1.807) is 11.3 Å². The quantitative estimate of drug-likeness (QED) is 0.176.